The van der Waals surface area contributed by atoms with Crippen LogP contribution in [0, 0.1) is 0 Å². The molecule has 20 heavy (non-hydrogen) atoms. The lowest BCUT2D eigenvalue weighted by Crippen LogP contribution is -2.23. The predicted octanol–water partition coefficient (Wildman–Crippen LogP) is 3.29. The lowest BCUT2D eigenvalue weighted by Gasteiger charge is -2.15. The van der Waals surface area contributed by atoms with Gasteiger partial charge in [0.25, 0.3) is 0 Å². The van der Waals surface area contributed by atoms with Crippen molar-refractivity contribution in [3.8, 4) is 0 Å². The minimum atomic E-state index is 1.07. The van der Waals surface area contributed by atoms with Crippen molar-refractivity contribution in [2.75, 3.05) is 19.6 Å². The van der Waals surface area contributed by atoms with Crippen molar-refractivity contribution in [3.05, 3.63) is 42.9 Å². The first-order valence-corrected chi connectivity index (χ1v) is 7.46. The van der Waals surface area contributed by atoms with Crippen LogP contribution in [0.5, 0.6) is 0 Å². The van der Waals surface area contributed by atoms with E-state index in [0.717, 1.165) is 13.1 Å². The third-order valence-electron chi connectivity index (χ3n) is 4.40. The van der Waals surface area contributed by atoms with E-state index in [1.807, 2.05) is 12.4 Å². The molecule has 1 aliphatic heterocycles. The Hall–Kier alpha value is -1.87. The van der Waals surface area contributed by atoms with Gasteiger partial charge < -0.3 is 9.47 Å². The summed E-state index contributed by atoms with van der Waals surface area (Å²) in [4.78, 5) is 6.79. The van der Waals surface area contributed by atoms with Crippen LogP contribution in [-0.2, 0) is 6.54 Å². The Morgan fingerprint density at radius 1 is 0.950 bits per heavy atom. The summed E-state index contributed by atoms with van der Waals surface area (Å²) < 4.78 is 2.40. The van der Waals surface area contributed by atoms with Crippen LogP contribution in [-0.4, -0.2) is 34.1 Å². The van der Waals surface area contributed by atoms with Crippen LogP contribution in [0.25, 0.3) is 21.7 Å². The molecule has 0 atom stereocenters. The Kier molecular flexibility index (Phi) is 2.92. The van der Waals surface area contributed by atoms with Crippen LogP contribution < -0.4 is 0 Å². The Bertz CT molecular complexity index is 738. The van der Waals surface area contributed by atoms with E-state index in [0.29, 0.717) is 0 Å². The first-order valence-electron chi connectivity index (χ1n) is 7.46. The highest BCUT2D eigenvalue weighted by molar-refractivity contribution is 6.05. The van der Waals surface area contributed by atoms with Gasteiger partial charge in [0.1, 0.15) is 0 Å². The summed E-state index contributed by atoms with van der Waals surface area (Å²) >= 11 is 0. The quantitative estimate of drug-likeness (QED) is 0.724. The van der Waals surface area contributed by atoms with Crippen LogP contribution in [0.15, 0.2) is 42.9 Å². The fourth-order valence-corrected chi connectivity index (χ4v) is 3.31. The standard InChI is InChI=1S/C17H19N3/c1-2-9-19(8-1)11-12-20-10-6-14-3-4-15-13-18-7-5-16(15)17(14)20/h3-7,10,13H,1-2,8-9,11-12H2. The fraction of sp³-hybridized carbons (Fsp3) is 0.353. The molecule has 3 nitrogen and oxygen atoms in total. The Morgan fingerprint density at radius 3 is 2.70 bits per heavy atom. The number of benzene rings is 1. The van der Waals surface area contributed by atoms with Gasteiger partial charge >= 0.3 is 0 Å². The van der Waals surface area contributed by atoms with Crippen LogP contribution in [0.1, 0.15) is 12.8 Å². The maximum atomic E-state index is 4.23. The second-order valence-electron chi connectivity index (χ2n) is 5.66. The average molecular weight is 265 g/mol. The van der Waals surface area contributed by atoms with Gasteiger partial charge in [-0.05, 0) is 38.1 Å². The van der Waals surface area contributed by atoms with E-state index in [1.165, 1.54) is 47.6 Å². The smallest absolute Gasteiger partial charge is 0.0561 e. The van der Waals surface area contributed by atoms with E-state index in [1.54, 1.807) is 0 Å². The van der Waals surface area contributed by atoms with Crippen molar-refractivity contribution < 1.29 is 0 Å². The predicted molar refractivity (Wildman–Crippen MR) is 82.9 cm³/mol. The number of rotatable bonds is 3. The molecule has 0 radical (unpaired) electrons. The molecule has 1 saturated heterocycles. The second kappa shape index (κ2) is 4.91. The highest BCUT2D eigenvalue weighted by atomic mass is 15.2. The molecular formula is C17H19N3. The number of fused-ring (bicyclic) bond motifs is 3. The van der Waals surface area contributed by atoms with E-state index < -0.39 is 0 Å². The number of aromatic nitrogens is 2. The number of nitrogens with zero attached hydrogens (tertiary/aromatic N) is 3. The molecule has 0 N–H and O–H groups in total. The number of hydrogen-bond acceptors (Lipinski definition) is 2. The van der Waals surface area contributed by atoms with Crippen molar-refractivity contribution in [1.82, 2.24) is 14.5 Å². The summed E-state index contributed by atoms with van der Waals surface area (Å²) in [5, 5.41) is 3.86. The molecule has 0 bridgehead atoms. The van der Waals surface area contributed by atoms with Gasteiger partial charge in [-0.2, -0.15) is 0 Å². The lowest BCUT2D eigenvalue weighted by atomic mass is 10.1. The number of hydrogen-bond donors (Lipinski definition) is 0. The molecule has 2 aromatic heterocycles. The molecule has 102 valence electrons. The zero-order valence-corrected chi connectivity index (χ0v) is 11.6. The fourth-order valence-electron chi connectivity index (χ4n) is 3.31. The van der Waals surface area contributed by atoms with Gasteiger partial charge in [0, 0.05) is 47.8 Å². The van der Waals surface area contributed by atoms with E-state index in [4.69, 9.17) is 0 Å². The molecule has 0 saturated carbocycles. The number of pyridine rings is 1. The molecule has 3 heterocycles. The van der Waals surface area contributed by atoms with E-state index in [-0.39, 0.29) is 0 Å². The highest BCUT2D eigenvalue weighted by Gasteiger charge is 2.12. The largest absolute Gasteiger partial charge is 0.346 e. The first-order chi connectivity index (χ1) is 9.92. The van der Waals surface area contributed by atoms with Crippen molar-refractivity contribution in [3.63, 3.8) is 0 Å². The minimum absolute atomic E-state index is 1.07. The van der Waals surface area contributed by atoms with Gasteiger partial charge in [0.15, 0.2) is 0 Å². The molecular weight excluding hydrogens is 246 g/mol. The molecule has 1 aliphatic rings. The van der Waals surface area contributed by atoms with Gasteiger partial charge in [-0.1, -0.05) is 12.1 Å². The van der Waals surface area contributed by atoms with Crippen molar-refractivity contribution in [2.24, 2.45) is 0 Å². The summed E-state index contributed by atoms with van der Waals surface area (Å²) in [6.07, 6.45) is 8.79. The van der Waals surface area contributed by atoms with Gasteiger partial charge in [0.2, 0.25) is 0 Å². The third-order valence-corrected chi connectivity index (χ3v) is 4.40. The van der Waals surface area contributed by atoms with Crippen LogP contribution in [0.3, 0.4) is 0 Å². The molecule has 0 aliphatic carbocycles. The summed E-state index contributed by atoms with van der Waals surface area (Å²) in [5.41, 5.74) is 1.35. The SMILES string of the molecule is c1cc2c(ccc3ccn(CCN4CCCC4)c32)cn1. The normalized spacial score (nSPS) is 16.4. The summed E-state index contributed by atoms with van der Waals surface area (Å²) in [7, 11) is 0. The summed E-state index contributed by atoms with van der Waals surface area (Å²) in [6.45, 7) is 4.77. The molecule has 0 spiro atoms. The zero-order chi connectivity index (χ0) is 13.4. The Morgan fingerprint density at radius 2 is 1.80 bits per heavy atom. The van der Waals surface area contributed by atoms with E-state index in [9.17, 15) is 0 Å². The molecule has 4 rings (SSSR count). The molecule has 3 heteroatoms. The zero-order valence-electron chi connectivity index (χ0n) is 11.6. The second-order valence-corrected chi connectivity index (χ2v) is 5.66. The van der Waals surface area contributed by atoms with Gasteiger partial charge in [0.05, 0.1) is 5.52 Å². The minimum Gasteiger partial charge on any atom is -0.346 e. The molecule has 0 amide bonds. The van der Waals surface area contributed by atoms with Crippen LogP contribution in [0.2, 0.25) is 0 Å². The third kappa shape index (κ3) is 1.98. The molecule has 3 aromatic rings. The molecule has 1 aromatic carbocycles. The van der Waals surface area contributed by atoms with Gasteiger partial charge in [-0.3, -0.25) is 4.98 Å². The van der Waals surface area contributed by atoms with Crippen molar-refractivity contribution in [1.29, 1.82) is 0 Å². The van der Waals surface area contributed by atoms with Crippen molar-refractivity contribution in [2.45, 2.75) is 19.4 Å². The summed E-state index contributed by atoms with van der Waals surface area (Å²) in [5.74, 6) is 0. The van der Waals surface area contributed by atoms with Crippen LogP contribution >= 0.6 is 0 Å². The van der Waals surface area contributed by atoms with E-state index >= 15 is 0 Å². The monoisotopic (exact) mass is 265 g/mol. The molecule has 0 unspecified atom stereocenters. The van der Waals surface area contributed by atoms with Crippen LogP contribution in [0.4, 0.5) is 0 Å². The van der Waals surface area contributed by atoms with Gasteiger partial charge in [-0.15, -0.1) is 0 Å². The van der Waals surface area contributed by atoms with Gasteiger partial charge in [-0.25, -0.2) is 0 Å². The maximum absolute atomic E-state index is 4.23. The number of likely N-dealkylation sites (tertiary alicyclic amines) is 1. The van der Waals surface area contributed by atoms with Crippen molar-refractivity contribution >= 4 is 21.7 Å². The first kappa shape index (κ1) is 11.9. The molecule has 1 fully saturated rings. The Balaban J connectivity index is 1.73. The maximum Gasteiger partial charge on any atom is 0.0561 e. The van der Waals surface area contributed by atoms with E-state index in [2.05, 4.69) is 44.9 Å². The lowest BCUT2D eigenvalue weighted by molar-refractivity contribution is 0.324. The topological polar surface area (TPSA) is 21.1 Å². The Labute approximate surface area is 118 Å². The highest BCUT2D eigenvalue weighted by Crippen LogP contribution is 2.25. The average Bonchev–Trinajstić information content (AvgIpc) is 3.14. The summed E-state index contributed by atoms with van der Waals surface area (Å²) in [6, 6.07) is 8.71.